The highest BCUT2D eigenvalue weighted by Gasteiger charge is 2.29. The van der Waals surface area contributed by atoms with Gasteiger partial charge in [0.05, 0.1) is 50.8 Å². The van der Waals surface area contributed by atoms with E-state index in [0.717, 1.165) is 63.1 Å². The van der Waals surface area contributed by atoms with E-state index in [0.29, 0.717) is 54.6 Å². The van der Waals surface area contributed by atoms with Gasteiger partial charge in [-0.05, 0) is 60.7 Å². The number of morpholine rings is 1. The zero-order valence-corrected chi connectivity index (χ0v) is 28.7. The molecular weight excluding hydrogens is 626 g/mol. The third kappa shape index (κ3) is 8.88. The Kier molecular flexibility index (Phi) is 11.0. The molecule has 0 unspecified atom stereocenters. The first-order valence-electron chi connectivity index (χ1n) is 16.8. The highest BCUT2D eigenvalue weighted by molar-refractivity contribution is 5.67. The van der Waals surface area contributed by atoms with Gasteiger partial charge in [-0.3, -0.25) is 9.58 Å². The number of nitrogens with one attached hydrogen (secondary N) is 1. The number of methoxy groups -OCH3 is 1. The first-order valence-corrected chi connectivity index (χ1v) is 16.8. The summed E-state index contributed by atoms with van der Waals surface area (Å²) in [6.07, 6.45) is 11.1. The van der Waals surface area contributed by atoms with Crippen LogP contribution in [0.4, 0.5) is 11.6 Å². The molecule has 1 atom stereocenters. The molecular formula is C34H45N11O4. The highest BCUT2D eigenvalue weighted by Crippen LogP contribution is 2.35. The Morgan fingerprint density at radius 1 is 1.06 bits per heavy atom. The Morgan fingerprint density at radius 2 is 1.82 bits per heavy atom. The number of tetrazole rings is 1. The second-order valence-corrected chi connectivity index (χ2v) is 13.5. The topological polar surface area (TPSA) is 163 Å². The molecule has 2 aliphatic rings. The van der Waals surface area contributed by atoms with Crippen LogP contribution in [-0.4, -0.2) is 104 Å². The molecule has 15 heteroatoms. The van der Waals surface area contributed by atoms with E-state index in [4.69, 9.17) is 24.0 Å². The Hall–Kier alpha value is -4.65. The maximum Gasteiger partial charge on any atom is 0.256 e. The lowest BCUT2D eigenvalue weighted by molar-refractivity contribution is 0.00499. The monoisotopic (exact) mass is 671 g/mol. The lowest BCUT2D eigenvalue weighted by atomic mass is 9.90. The van der Waals surface area contributed by atoms with Crippen molar-refractivity contribution in [2.75, 3.05) is 51.9 Å². The summed E-state index contributed by atoms with van der Waals surface area (Å²) in [6, 6.07) is 8.51. The minimum atomic E-state index is -0.272. The Bertz CT molecular complexity index is 1670. The zero-order chi connectivity index (χ0) is 34.2. The third-order valence-electron chi connectivity index (χ3n) is 8.93. The van der Waals surface area contributed by atoms with E-state index in [2.05, 4.69) is 55.6 Å². The van der Waals surface area contributed by atoms with Gasteiger partial charge in [0, 0.05) is 49.6 Å². The van der Waals surface area contributed by atoms with Crippen LogP contribution in [-0.2, 0) is 16.0 Å². The van der Waals surface area contributed by atoms with Gasteiger partial charge in [0.1, 0.15) is 29.9 Å². The van der Waals surface area contributed by atoms with Gasteiger partial charge in [0.15, 0.2) is 0 Å². The van der Waals surface area contributed by atoms with E-state index in [9.17, 15) is 5.26 Å². The van der Waals surface area contributed by atoms with Crippen LogP contribution in [0.1, 0.15) is 58.1 Å². The highest BCUT2D eigenvalue weighted by atomic mass is 16.5. The minimum absolute atomic E-state index is 0.195. The molecule has 1 N–H and O–H groups in total. The van der Waals surface area contributed by atoms with Crippen molar-refractivity contribution >= 4 is 11.6 Å². The number of aromatic nitrogens is 8. The molecule has 1 aromatic carbocycles. The summed E-state index contributed by atoms with van der Waals surface area (Å²) in [5.74, 6) is 1.39. The molecule has 260 valence electrons. The smallest absolute Gasteiger partial charge is 0.256 e. The van der Waals surface area contributed by atoms with E-state index in [1.165, 1.54) is 6.33 Å². The Balaban J connectivity index is 1.16. The van der Waals surface area contributed by atoms with Crippen LogP contribution in [0.15, 0.2) is 43.1 Å². The van der Waals surface area contributed by atoms with Crippen LogP contribution < -0.4 is 14.8 Å². The molecule has 0 radical (unpaired) electrons. The standard InChI is InChI=1S/C34H45N11O4/c1-24(19-44-23-38-41-42-44)49-31-15-25(5-6-26(31)16-35)27-17-36-33(37-18-27)39-30-20-45(40-32(30)48-22-34(2,3)21-46-4)29-9-7-28(8-10-29)43-11-13-47-14-12-43/h5-6,15,17-18,20,23-24,28-29H,7-14,19,21-22H2,1-4H3,(H,36,37,39)/t24-,28?,29?/m0/s1. The van der Waals surface area contributed by atoms with Crippen molar-refractivity contribution in [3.8, 4) is 28.8 Å². The molecule has 1 aliphatic heterocycles. The molecule has 3 aromatic heterocycles. The van der Waals surface area contributed by atoms with Gasteiger partial charge in [-0.1, -0.05) is 19.9 Å². The number of nitrogens with zero attached hydrogens (tertiary/aromatic N) is 10. The van der Waals surface area contributed by atoms with Gasteiger partial charge in [-0.15, -0.1) is 10.2 Å². The normalized spacial score (nSPS) is 19.2. The Morgan fingerprint density at radius 3 is 2.51 bits per heavy atom. The summed E-state index contributed by atoms with van der Waals surface area (Å²) in [4.78, 5) is 11.8. The van der Waals surface area contributed by atoms with Crippen molar-refractivity contribution < 1.29 is 18.9 Å². The Labute approximate surface area is 286 Å². The predicted octanol–water partition coefficient (Wildman–Crippen LogP) is 4.28. The second kappa shape index (κ2) is 15.7. The molecule has 6 rings (SSSR count). The maximum absolute atomic E-state index is 9.68. The van der Waals surface area contributed by atoms with Gasteiger partial charge in [-0.2, -0.15) is 5.26 Å². The van der Waals surface area contributed by atoms with E-state index < -0.39 is 0 Å². The van der Waals surface area contributed by atoms with Gasteiger partial charge in [0.2, 0.25) is 5.95 Å². The predicted molar refractivity (Wildman–Crippen MR) is 180 cm³/mol. The van der Waals surface area contributed by atoms with Crippen LogP contribution >= 0.6 is 0 Å². The van der Waals surface area contributed by atoms with Crippen molar-refractivity contribution in [3.05, 3.63) is 48.7 Å². The van der Waals surface area contributed by atoms with Crippen LogP contribution in [0.25, 0.3) is 11.1 Å². The van der Waals surface area contributed by atoms with E-state index >= 15 is 0 Å². The molecule has 4 aromatic rings. The average Bonchev–Trinajstić information content (AvgIpc) is 3.78. The van der Waals surface area contributed by atoms with Gasteiger partial charge >= 0.3 is 0 Å². The molecule has 4 heterocycles. The quantitative estimate of drug-likeness (QED) is 0.202. The van der Waals surface area contributed by atoms with Crippen LogP contribution in [0.3, 0.4) is 0 Å². The van der Waals surface area contributed by atoms with Crippen LogP contribution in [0.5, 0.6) is 11.6 Å². The molecule has 1 saturated heterocycles. The number of benzene rings is 1. The summed E-state index contributed by atoms with van der Waals surface area (Å²) in [6.45, 7) is 11.2. The van der Waals surface area contributed by atoms with Gasteiger partial charge < -0.3 is 24.3 Å². The number of nitriles is 1. The number of rotatable bonds is 14. The fraction of sp³-hybridized carbons (Fsp3) is 0.559. The molecule has 1 saturated carbocycles. The summed E-state index contributed by atoms with van der Waals surface area (Å²) in [5, 5.41) is 29.1. The van der Waals surface area contributed by atoms with Crippen molar-refractivity contribution in [3.63, 3.8) is 0 Å². The summed E-state index contributed by atoms with van der Waals surface area (Å²) in [5.41, 5.74) is 2.54. The van der Waals surface area contributed by atoms with E-state index in [1.54, 1.807) is 30.3 Å². The molecule has 0 spiro atoms. The number of anilines is 2. The lowest BCUT2D eigenvalue weighted by Crippen LogP contribution is -2.45. The summed E-state index contributed by atoms with van der Waals surface area (Å²) < 4.78 is 27.0. The molecule has 15 nitrogen and oxygen atoms in total. The van der Waals surface area contributed by atoms with Gasteiger partial charge in [0.25, 0.3) is 5.88 Å². The summed E-state index contributed by atoms with van der Waals surface area (Å²) >= 11 is 0. The fourth-order valence-corrected chi connectivity index (χ4v) is 6.42. The van der Waals surface area contributed by atoms with Gasteiger partial charge in [-0.25, -0.2) is 14.6 Å². The number of ether oxygens (including phenoxy) is 4. The molecule has 49 heavy (non-hydrogen) atoms. The first-order chi connectivity index (χ1) is 23.8. The van der Waals surface area contributed by atoms with Crippen LogP contribution in [0.2, 0.25) is 0 Å². The third-order valence-corrected chi connectivity index (χ3v) is 8.93. The van der Waals surface area contributed by atoms with E-state index in [-0.39, 0.29) is 17.6 Å². The van der Waals surface area contributed by atoms with Crippen molar-refractivity contribution in [2.45, 2.75) is 71.2 Å². The molecule has 2 fully saturated rings. The first kappa shape index (κ1) is 34.2. The number of hydrogen-bond donors (Lipinski definition) is 1. The zero-order valence-electron chi connectivity index (χ0n) is 28.7. The largest absolute Gasteiger partial charge is 0.487 e. The fourth-order valence-electron chi connectivity index (χ4n) is 6.42. The maximum atomic E-state index is 9.68. The summed E-state index contributed by atoms with van der Waals surface area (Å²) in [7, 11) is 1.70. The van der Waals surface area contributed by atoms with Crippen molar-refractivity contribution in [1.82, 2.24) is 44.9 Å². The molecule has 0 amide bonds. The van der Waals surface area contributed by atoms with Crippen LogP contribution in [0, 0.1) is 16.7 Å². The van der Waals surface area contributed by atoms with Crippen molar-refractivity contribution in [1.29, 1.82) is 5.26 Å². The average molecular weight is 672 g/mol. The molecule has 0 bridgehead atoms. The van der Waals surface area contributed by atoms with E-state index in [1.807, 2.05) is 29.9 Å². The molecule has 1 aliphatic carbocycles. The number of hydrogen-bond acceptors (Lipinski definition) is 13. The van der Waals surface area contributed by atoms with Crippen molar-refractivity contribution in [2.24, 2.45) is 5.41 Å². The minimum Gasteiger partial charge on any atom is -0.487 e. The lowest BCUT2D eigenvalue weighted by Gasteiger charge is -2.38. The SMILES string of the molecule is COCC(C)(C)COc1nn(C2CCC(N3CCOCC3)CC2)cc1Nc1ncc(-c2ccc(C#N)c(O[C@@H](C)Cn3cnnn3)c2)cn1. The second-order valence-electron chi connectivity index (χ2n) is 13.5.